The molecule has 1 aliphatic rings. The second-order valence-corrected chi connectivity index (χ2v) is 5.77. The number of aliphatic hydroxyl groups is 1. The molecule has 1 fully saturated rings. The molecule has 0 bridgehead atoms. The van der Waals surface area contributed by atoms with Gasteiger partial charge in [0, 0.05) is 25.6 Å². The van der Waals surface area contributed by atoms with Gasteiger partial charge in [-0.2, -0.15) is 0 Å². The normalized spacial score (nSPS) is 24.7. The van der Waals surface area contributed by atoms with Crippen LogP contribution in [0.3, 0.4) is 0 Å². The summed E-state index contributed by atoms with van der Waals surface area (Å²) < 4.78 is 22.5. The van der Waals surface area contributed by atoms with Crippen LogP contribution in [0.4, 0.5) is 0 Å². The Balaban J connectivity index is 2.35. The minimum Gasteiger partial charge on any atom is -0.395 e. The zero-order chi connectivity index (χ0) is 11.3. The molecule has 6 nitrogen and oxygen atoms in total. The van der Waals surface area contributed by atoms with E-state index in [1.807, 2.05) is 0 Å². The fourth-order valence-electron chi connectivity index (χ4n) is 1.49. The van der Waals surface area contributed by atoms with Crippen molar-refractivity contribution in [3.63, 3.8) is 0 Å². The molecule has 1 heterocycles. The molecule has 1 saturated heterocycles. The van der Waals surface area contributed by atoms with Gasteiger partial charge in [0.15, 0.2) is 9.84 Å². The van der Waals surface area contributed by atoms with Crippen molar-refractivity contribution in [3.05, 3.63) is 0 Å². The van der Waals surface area contributed by atoms with Gasteiger partial charge in [0.05, 0.1) is 18.1 Å². The molecule has 1 atom stereocenters. The fourth-order valence-corrected chi connectivity index (χ4v) is 2.93. The number of nitrogens with one attached hydrogen (secondary N) is 2. The molecule has 1 amide bonds. The summed E-state index contributed by atoms with van der Waals surface area (Å²) in [5.41, 5.74) is 0. The average Bonchev–Trinajstić information content (AvgIpc) is 2.13. The second-order valence-electron chi connectivity index (χ2n) is 3.54. The minimum atomic E-state index is -2.99. The quantitative estimate of drug-likeness (QED) is 0.518. The first-order valence-corrected chi connectivity index (χ1v) is 6.67. The highest BCUT2D eigenvalue weighted by Gasteiger charge is 2.25. The molecule has 0 aromatic carbocycles. The van der Waals surface area contributed by atoms with E-state index < -0.39 is 9.84 Å². The summed E-state index contributed by atoms with van der Waals surface area (Å²) in [7, 11) is -2.99. The van der Waals surface area contributed by atoms with Crippen molar-refractivity contribution in [2.45, 2.75) is 12.5 Å². The maximum absolute atomic E-state index is 11.2. The number of amides is 1. The number of hydrogen-bond acceptors (Lipinski definition) is 5. The van der Waals surface area contributed by atoms with Crippen LogP contribution in [0.5, 0.6) is 0 Å². The molecule has 3 N–H and O–H groups in total. The molecular formula is C8H16N2O4S. The smallest absolute Gasteiger partial charge is 0.221 e. The van der Waals surface area contributed by atoms with Crippen LogP contribution in [0.15, 0.2) is 0 Å². The van der Waals surface area contributed by atoms with Gasteiger partial charge in [0.1, 0.15) is 0 Å². The number of aliphatic hydroxyl groups excluding tert-OH is 1. The molecule has 0 spiro atoms. The molecule has 0 aliphatic carbocycles. The van der Waals surface area contributed by atoms with Crippen LogP contribution in [0.2, 0.25) is 0 Å². The van der Waals surface area contributed by atoms with E-state index in [-0.39, 0.29) is 43.0 Å². The summed E-state index contributed by atoms with van der Waals surface area (Å²) in [5.74, 6) is -0.0833. The number of sulfone groups is 1. The van der Waals surface area contributed by atoms with Crippen LogP contribution in [-0.2, 0) is 14.6 Å². The van der Waals surface area contributed by atoms with Gasteiger partial charge in [-0.25, -0.2) is 8.42 Å². The van der Waals surface area contributed by atoms with E-state index in [9.17, 15) is 13.2 Å². The van der Waals surface area contributed by atoms with E-state index in [0.29, 0.717) is 6.54 Å². The van der Waals surface area contributed by atoms with Crippen molar-refractivity contribution in [2.75, 3.05) is 31.2 Å². The first-order valence-electron chi connectivity index (χ1n) is 4.85. The lowest BCUT2D eigenvalue weighted by atomic mass is 10.2. The Labute approximate surface area is 89.0 Å². The Hall–Kier alpha value is -0.660. The van der Waals surface area contributed by atoms with Gasteiger partial charge in [0.2, 0.25) is 5.91 Å². The summed E-state index contributed by atoms with van der Waals surface area (Å²) in [6.45, 7) is 0.501. The maximum atomic E-state index is 11.2. The van der Waals surface area contributed by atoms with E-state index in [4.69, 9.17) is 5.11 Å². The molecule has 15 heavy (non-hydrogen) atoms. The maximum Gasteiger partial charge on any atom is 0.221 e. The van der Waals surface area contributed by atoms with Crippen molar-refractivity contribution < 1.29 is 18.3 Å². The van der Waals surface area contributed by atoms with Gasteiger partial charge in [-0.15, -0.1) is 0 Å². The highest BCUT2D eigenvalue weighted by atomic mass is 32.2. The van der Waals surface area contributed by atoms with Crippen LogP contribution >= 0.6 is 0 Å². The van der Waals surface area contributed by atoms with E-state index in [2.05, 4.69) is 10.6 Å². The summed E-state index contributed by atoms with van der Waals surface area (Å²) in [6.07, 6.45) is 0.138. The Kier molecular flexibility index (Phi) is 4.49. The average molecular weight is 236 g/mol. The van der Waals surface area contributed by atoms with Gasteiger partial charge in [-0.1, -0.05) is 0 Å². The first-order chi connectivity index (χ1) is 7.03. The third kappa shape index (κ3) is 4.59. The monoisotopic (exact) mass is 236 g/mol. The zero-order valence-electron chi connectivity index (χ0n) is 8.40. The molecule has 0 radical (unpaired) electrons. The van der Waals surface area contributed by atoms with Gasteiger partial charge < -0.3 is 15.7 Å². The van der Waals surface area contributed by atoms with E-state index >= 15 is 0 Å². The lowest BCUT2D eigenvalue weighted by Crippen LogP contribution is -2.47. The zero-order valence-corrected chi connectivity index (χ0v) is 9.22. The topological polar surface area (TPSA) is 95.5 Å². The van der Waals surface area contributed by atoms with Crippen molar-refractivity contribution >= 4 is 15.7 Å². The molecule has 7 heteroatoms. The predicted octanol–water partition coefficient (Wildman–Crippen LogP) is -2.13. The molecule has 88 valence electrons. The summed E-state index contributed by atoms with van der Waals surface area (Å²) in [6, 6.07) is -0.303. The van der Waals surface area contributed by atoms with E-state index in [1.165, 1.54) is 0 Å². The Morgan fingerprint density at radius 3 is 2.87 bits per heavy atom. The van der Waals surface area contributed by atoms with Crippen LogP contribution < -0.4 is 10.6 Å². The highest BCUT2D eigenvalue weighted by Crippen LogP contribution is 2.04. The van der Waals surface area contributed by atoms with Gasteiger partial charge in [0.25, 0.3) is 0 Å². The molecule has 1 rings (SSSR count). The number of carbonyl (C=O) groups excluding carboxylic acids is 1. The van der Waals surface area contributed by atoms with E-state index in [1.54, 1.807) is 0 Å². The standard InChI is InChI=1S/C8H16N2O4S/c11-3-1-10-8(12)5-7-6-15(13,14)4-2-9-7/h7,9,11H,1-6H2,(H,10,12). The van der Waals surface area contributed by atoms with Gasteiger partial charge in [-0.3, -0.25) is 4.79 Å². The number of carbonyl (C=O) groups is 1. The Morgan fingerprint density at radius 2 is 2.27 bits per heavy atom. The van der Waals surface area contributed by atoms with Gasteiger partial charge >= 0.3 is 0 Å². The predicted molar refractivity (Wildman–Crippen MR) is 55.2 cm³/mol. The molecule has 1 unspecified atom stereocenters. The summed E-state index contributed by atoms with van der Waals surface area (Å²) in [4.78, 5) is 11.2. The third-order valence-corrected chi connectivity index (χ3v) is 3.90. The van der Waals surface area contributed by atoms with Crippen molar-refractivity contribution in [1.29, 1.82) is 0 Å². The largest absolute Gasteiger partial charge is 0.395 e. The molecule has 0 aromatic rings. The van der Waals surface area contributed by atoms with Crippen LogP contribution in [0.25, 0.3) is 0 Å². The SMILES string of the molecule is O=C(CC1CS(=O)(=O)CCN1)NCCO. The van der Waals surface area contributed by atoms with Crippen LogP contribution in [0, 0.1) is 0 Å². The van der Waals surface area contributed by atoms with Crippen molar-refractivity contribution in [1.82, 2.24) is 10.6 Å². The summed E-state index contributed by atoms with van der Waals surface area (Å²) >= 11 is 0. The van der Waals surface area contributed by atoms with Crippen molar-refractivity contribution in [3.8, 4) is 0 Å². The fraction of sp³-hybridized carbons (Fsp3) is 0.875. The second kappa shape index (κ2) is 5.43. The lowest BCUT2D eigenvalue weighted by Gasteiger charge is -2.22. The molecule has 0 aromatic heterocycles. The number of rotatable bonds is 4. The highest BCUT2D eigenvalue weighted by molar-refractivity contribution is 7.91. The van der Waals surface area contributed by atoms with Crippen LogP contribution in [0.1, 0.15) is 6.42 Å². The Bertz CT molecular complexity index is 315. The molecule has 0 saturated carbocycles. The minimum absolute atomic E-state index is 0.0134. The number of hydrogen-bond donors (Lipinski definition) is 3. The third-order valence-electron chi connectivity index (χ3n) is 2.17. The van der Waals surface area contributed by atoms with Crippen molar-refractivity contribution in [2.24, 2.45) is 0 Å². The molecular weight excluding hydrogens is 220 g/mol. The van der Waals surface area contributed by atoms with Crippen LogP contribution in [-0.4, -0.2) is 56.7 Å². The lowest BCUT2D eigenvalue weighted by molar-refractivity contribution is -0.121. The molecule has 1 aliphatic heterocycles. The van der Waals surface area contributed by atoms with Gasteiger partial charge in [-0.05, 0) is 0 Å². The summed E-state index contributed by atoms with van der Waals surface area (Å²) in [5, 5.41) is 13.9. The van der Waals surface area contributed by atoms with E-state index in [0.717, 1.165) is 0 Å². The first kappa shape index (κ1) is 12.4. The Morgan fingerprint density at radius 1 is 1.53 bits per heavy atom.